The van der Waals surface area contributed by atoms with Crippen LogP contribution in [-0.4, -0.2) is 46.0 Å². The van der Waals surface area contributed by atoms with E-state index in [4.69, 9.17) is 14.9 Å². The van der Waals surface area contributed by atoms with Crippen molar-refractivity contribution < 1.29 is 23.9 Å². The number of hydrogen-bond acceptors (Lipinski definition) is 6. The monoisotopic (exact) mass is 514 g/mol. The largest absolute Gasteiger partial charge is 0.486 e. The Morgan fingerprint density at radius 3 is 2.61 bits per heavy atom. The number of carbonyl (C=O) groups is 2. The van der Waals surface area contributed by atoms with Crippen LogP contribution >= 0.6 is 0 Å². The number of fused-ring (bicyclic) bond motifs is 1. The SMILES string of the molecule is CN(C)C(=O)[C@]1(Cc2ccc(OCc3cc(-c4ccncc4)nc4ccccc34)c(F)c2)C[C@H]1C(=O)NO. The maximum absolute atomic E-state index is 15.1. The molecule has 4 aromatic rings. The summed E-state index contributed by atoms with van der Waals surface area (Å²) in [5, 5.41) is 9.95. The van der Waals surface area contributed by atoms with Crippen LogP contribution in [0.25, 0.3) is 22.2 Å². The zero-order chi connectivity index (χ0) is 26.9. The van der Waals surface area contributed by atoms with Crippen molar-refractivity contribution in [1.29, 1.82) is 0 Å². The van der Waals surface area contributed by atoms with E-state index < -0.39 is 23.1 Å². The molecule has 0 bridgehead atoms. The van der Waals surface area contributed by atoms with Crippen molar-refractivity contribution in [2.24, 2.45) is 11.3 Å². The Bertz CT molecular complexity index is 1510. The Hall–Kier alpha value is -4.37. The molecule has 9 heteroatoms. The third-order valence-electron chi connectivity index (χ3n) is 7.01. The number of hydroxylamine groups is 1. The van der Waals surface area contributed by atoms with Gasteiger partial charge in [-0.2, -0.15) is 0 Å². The van der Waals surface area contributed by atoms with E-state index in [1.807, 2.05) is 42.5 Å². The van der Waals surface area contributed by atoms with Crippen molar-refractivity contribution in [2.45, 2.75) is 19.4 Å². The Kier molecular flexibility index (Phi) is 6.77. The third-order valence-corrected chi connectivity index (χ3v) is 7.01. The van der Waals surface area contributed by atoms with Gasteiger partial charge < -0.3 is 9.64 Å². The van der Waals surface area contributed by atoms with Gasteiger partial charge in [-0.15, -0.1) is 0 Å². The zero-order valence-electron chi connectivity index (χ0n) is 21.0. The van der Waals surface area contributed by atoms with Crippen LogP contribution in [0.3, 0.4) is 0 Å². The smallest absolute Gasteiger partial charge is 0.247 e. The molecule has 8 nitrogen and oxygen atoms in total. The molecule has 1 saturated carbocycles. The minimum Gasteiger partial charge on any atom is -0.486 e. The Morgan fingerprint density at radius 1 is 1.13 bits per heavy atom. The fourth-order valence-electron chi connectivity index (χ4n) is 5.01. The number of ether oxygens (including phenoxy) is 1. The number of rotatable bonds is 8. The normalized spacial score (nSPS) is 18.2. The molecular weight excluding hydrogens is 487 g/mol. The number of aromatic nitrogens is 2. The van der Waals surface area contributed by atoms with Crippen LogP contribution < -0.4 is 10.2 Å². The first kappa shape index (κ1) is 25.3. The number of benzene rings is 2. The topological polar surface area (TPSA) is 105 Å². The maximum atomic E-state index is 15.1. The van der Waals surface area contributed by atoms with Gasteiger partial charge >= 0.3 is 0 Å². The average molecular weight is 515 g/mol. The van der Waals surface area contributed by atoms with Gasteiger partial charge in [-0.05, 0) is 54.8 Å². The highest BCUT2D eigenvalue weighted by atomic mass is 19.1. The van der Waals surface area contributed by atoms with E-state index in [1.54, 1.807) is 38.0 Å². The van der Waals surface area contributed by atoms with Gasteiger partial charge in [-0.3, -0.25) is 19.8 Å². The number of pyridine rings is 2. The maximum Gasteiger partial charge on any atom is 0.247 e. The van der Waals surface area contributed by atoms with Crippen LogP contribution in [0.1, 0.15) is 17.5 Å². The lowest BCUT2D eigenvalue weighted by Crippen LogP contribution is -2.36. The zero-order valence-corrected chi connectivity index (χ0v) is 21.0. The minimum atomic E-state index is -1.01. The van der Waals surface area contributed by atoms with Crippen molar-refractivity contribution in [1.82, 2.24) is 20.3 Å². The highest BCUT2D eigenvalue weighted by Gasteiger charge is 2.63. The fourth-order valence-corrected chi connectivity index (χ4v) is 5.01. The van der Waals surface area contributed by atoms with E-state index in [1.165, 1.54) is 17.0 Å². The van der Waals surface area contributed by atoms with E-state index in [2.05, 4.69) is 4.98 Å². The van der Waals surface area contributed by atoms with Gasteiger partial charge in [0.2, 0.25) is 11.8 Å². The second-order valence-electron chi connectivity index (χ2n) is 9.74. The first-order valence-corrected chi connectivity index (χ1v) is 12.2. The van der Waals surface area contributed by atoms with Crippen LogP contribution in [0.2, 0.25) is 0 Å². The summed E-state index contributed by atoms with van der Waals surface area (Å²) < 4.78 is 21.0. The van der Waals surface area contributed by atoms with Gasteiger partial charge in [0, 0.05) is 43.0 Å². The quantitative estimate of drug-likeness (QED) is 0.270. The number of halogens is 1. The van der Waals surface area contributed by atoms with Crippen LogP contribution in [0.5, 0.6) is 5.75 Å². The summed E-state index contributed by atoms with van der Waals surface area (Å²) in [6.07, 6.45) is 3.86. The molecule has 194 valence electrons. The molecule has 2 N–H and O–H groups in total. The molecule has 38 heavy (non-hydrogen) atoms. The number of carbonyl (C=O) groups excluding carboxylic acids is 2. The summed E-state index contributed by atoms with van der Waals surface area (Å²) in [5.74, 6) is -2.01. The second-order valence-corrected chi connectivity index (χ2v) is 9.74. The second kappa shape index (κ2) is 10.2. The predicted octanol–water partition coefficient (Wildman–Crippen LogP) is 4.16. The summed E-state index contributed by atoms with van der Waals surface area (Å²) in [7, 11) is 3.22. The third kappa shape index (κ3) is 4.80. The first-order valence-electron chi connectivity index (χ1n) is 12.2. The summed E-state index contributed by atoms with van der Waals surface area (Å²) >= 11 is 0. The van der Waals surface area contributed by atoms with E-state index in [9.17, 15) is 9.59 Å². The van der Waals surface area contributed by atoms with Gasteiger partial charge in [-0.1, -0.05) is 24.3 Å². The van der Waals surface area contributed by atoms with Crippen molar-refractivity contribution in [3.05, 3.63) is 90.0 Å². The summed E-state index contributed by atoms with van der Waals surface area (Å²) in [6.45, 7) is 0.124. The van der Waals surface area contributed by atoms with Gasteiger partial charge in [0.25, 0.3) is 0 Å². The number of nitrogens with zero attached hydrogens (tertiary/aromatic N) is 3. The fraction of sp³-hybridized carbons (Fsp3) is 0.241. The Balaban J connectivity index is 1.37. The molecule has 0 radical (unpaired) electrons. The number of hydrogen-bond donors (Lipinski definition) is 2. The average Bonchev–Trinajstić information content (AvgIpc) is 3.66. The molecule has 0 spiro atoms. The van der Waals surface area contributed by atoms with Gasteiger partial charge in [-0.25, -0.2) is 14.9 Å². The van der Waals surface area contributed by atoms with Crippen LogP contribution in [0.4, 0.5) is 4.39 Å². The number of amides is 2. The van der Waals surface area contributed by atoms with Crippen molar-refractivity contribution in [3.63, 3.8) is 0 Å². The number of para-hydroxylation sites is 1. The summed E-state index contributed by atoms with van der Waals surface area (Å²) in [4.78, 5) is 35.1. The molecule has 2 amide bonds. The highest BCUT2D eigenvalue weighted by Crippen LogP contribution is 2.56. The van der Waals surface area contributed by atoms with Crippen molar-refractivity contribution in [2.75, 3.05) is 14.1 Å². The van der Waals surface area contributed by atoms with Gasteiger partial charge in [0.1, 0.15) is 6.61 Å². The molecule has 2 atom stereocenters. The lowest BCUT2D eigenvalue weighted by molar-refractivity contribution is -0.139. The lowest BCUT2D eigenvalue weighted by Gasteiger charge is -2.21. The Labute approximate surface area is 219 Å². The summed E-state index contributed by atoms with van der Waals surface area (Å²) in [6, 6.07) is 18.0. The van der Waals surface area contributed by atoms with Crippen molar-refractivity contribution >= 4 is 22.7 Å². The molecule has 2 aromatic carbocycles. The molecule has 1 fully saturated rings. The molecule has 0 aliphatic heterocycles. The molecule has 2 heterocycles. The predicted molar refractivity (Wildman–Crippen MR) is 139 cm³/mol. The van der Waals surface area contributed by atoms with E-state index in [0.717, 1.165) is 27.7 Å². The van der Waals surface area contributed by atoms with Gasteiger partial charge in [0.05, 0.1) is 22.5 Å². The highest BCUT2D eigenvalue weighted by molar-refractivity contribution is 5.95. The minimum absolute atomic E-state index is 0.0774. The van der Waals surface area contributed by atoms with Crippen LogP contribution in [0.15, 0.2) is 73.1 Å². The summed E-state index contributed by atoms with van der Waals surface area (Å²) in [5.41, 5.74) is 4.52. The standard InChI is InChI=1S/C29H27FN4O4/c1-34(2)28(36)29(16-22(29)27(35)33-37)15-18-7-8-26(23(30)13-18)38-17-20-14-25(19-9-11-31-12-10-19)32-24-6-4-3-5-21(20)24/h3-14,22,37H,15-17H2,1-2H3,(H,33,35)/t22-,29+/m0/s1. The molecule has 5 rings (SSSR count). The first-order chi connectivity index (χ1) is 18.3. The molecule has 0 saturated heterocycles. The van der Waals surface area contributed by atoms with Crippen LogP contribution in [0, 0.1) is 17.2 Å². The van der Waals surface area contributed by atoms with E-state index >= 15 is 4.39 Å². The number of nitrogens with one attached hydrogen (secondary N) is 1. The Morgan fingerprint density at radius 2 is 1.89 bits per heavy atom. The molecule has 1 aliphatic rings. The van der Waals surface area contributed by atoms with Crippen molar-refractivity contribution in [3.8, 4) is 17.0 Å². The van der Waals surface area contributed by atoms with E-state index in [0.29, 0.717) is 5.56 Å². The van der Waals surface area contributed by atoms with Crippen LogP contribution in [-0.2, 0) is 22.6 Å². The molecule has 0 unspecified atom stereocenters. The molecular formula is C29H27FN4O4. The van der Waals surface area contributed by atoms with Gasteiger partial charge in [0.15, 0.2) is 11.6 Å². The molecule has 1 aliphatic carbocycles. The lowest BCUT2D eigenvalue weighted by atomic mass is 9.92. The molecule has 2 aromatic heterocycles. The van der Waals surface area contributed by atoms with E-state index in [-0.39, 0.29) is 31.1 Å².